The number of nitrogens with zero attached hydrogens (tertiary/aromatic N) is 3. The molecule has 0 unspecified atom stereocenters. The van der Waals surface area contributed by atoms with Crippen LogP contribution < -0.4 is 0 Å². The maximum atomic E-state index is 12.2. The second-order valence-corrected chi connectivity index (χ2v) is 5.25. The third-order valence-electron chi connectivity index (χ3n) is 2.99. The Morgan fingerprint density at radius 3 is 2.11 bits per heavy atom. The van der Waals surface area contributed by atoms with Gasteiger partial charge in [-0.05, 0) is 12.1 Å². The number of pyridine rings is 1. The molecule has 0 bridgehead atoms. The Labute approximate surface area is 121 Å². The van der Waals surface area contributed by atoms with Gasteiger partial charge in [-0.3, -0.25) is 14.6 Å². The summed E-state index contributed by atoms with van der Waals surface area (Å²) in [7, 11) is 0. The minimum atomic E-state index is -1.04. The van der Waals surface area contributed by atoms with E-state index in [1.807, 2.05) is 0 Å². The van der Waals surface area contributed by atoms with Gasteiger partial charge in [0.15, 0.2) is 4.84 Å². The largest absolute Gasteiger partial charge is 0.337 e. The van der Waals surface area contributed by atoms with Gasteiger partial charge in [0.2, 0.25) is 0 Å². The van der Waals surface area contributed by atoms with Gasteiger partial charge < -0.3 is 9.80 Å². The minimum Gasteiger partial charge on any atom is -0.337 e. The van der Waals surface area contributed by atoms with Gasteiger partial charge in [-0.2, -0.15) is 0 Å². The van der Waals surface area contributed by atoms with Crippen LogP contribution in [0.2, 0.25) is 0 Å². The van der Waals surface area contributed by atoms with E-state index in [1.54, 1.807) is 34.3 Å². The number of alkyl halides is 2. The zero-order valence-corrected chi connectivity index (χ0v) is 11.6. The monoisotopic (exact) mass is 301 g/mol. The molecule has 1 fully saturated rings. The Bertz CT molecular complexity index is 459. The van der Waals surface area contributed by atoms with Crippen molar-refractivity contribution in [2.45, 2.75) is 4.84 Å². The van der Waals surface area contributed by atoms with E-state index in [0.717, 1.165) is 0 Å². The Hall–Kier alpha value is -1.33. The molecule has 1 aliphatic rings. The van der Waals surface area contributed by atoms with E-state index in [1.165, 1.54) is 0 Å². The molecule has 1 aromatic heterocycles. The number of piperazine rings is 1. The minimum absolute atomic E-state index is 0.0530. The molecule has 0 N–H and O–H groups in total. The summed E-state index contributed by atoms with van der Waals surface area (Å²) in [6, 6.07) is 3.35. The Morgan fingerprint density at radius 1 is 1.05 bits per heavy atom. The van der Waals surface area contributed by atoms with Crippen molar-refractivity contribution < 1.29 is 9.59 Å². The predicted molar refractivity (Wildman–Crippen MR) is 72.2 cm³/mol. The molecule has 2 amide bonds. The van der Waals surface area contributed by atoms with Gasteiger partial charge in [-0.1, -0.05) is 23.2 Å². The number of carbonyl (C=O) groups excluding carboxylic acids is 2. The van der Waals surface area contributed by atoms with Gasteiger partial charge in [0, 0.05) is 44.1 Å². The first kappa shape index (κ1) is 14.1. The van der Waals surface area contributed by atoms with Crippen LogP contribution in [-0.2, 0) is 4.79 Å². The average Bonchev–Trinajstić information content (AvgIpc) is 2.46. The molecule has 1 aromatic rings. The van der Waals surface area contributed by atoms with Crippen LogP contribution in [0.4, 0.5) is 0 Å². The summed E-state index contributed by atoms with van der Waals surface area (Å²) in [5.74, 6) is -0.359. The molecule has 5 nitrogen and oxygen atoms in total. The summed E-state index contributed by atoms with van der Waals surface area (Å²) in [6.07, 6.45) is 3.16. The van der Waals surface area contributed by atoms with Gasteiger partial charge in [0.05, 0.1) is 0 Å². The first-order valence-electron chi connectivity index (χ1n) is 5.86. The van der Waals surface area contributed by atoms with E-state index < -0.39 is 4.84 Å². The number of aromatic nitrogens is 1. The van der Waals surface area contributed by atoms with Crippen LogP contribution in [0.25, 0.3) is 0 Å². The van der Waals surface area contributed by atoms with Crippen molar-refractivity contribution in [3.8, 4) is 0 Å². The maximum Gasteiger partial charge on any atom is 0.255 e. The molecule has 0 radical (unpaired) electrons. The van der Waals surface area contributed by atoms with Crippen LogP contribution in [0.1, 0.15) is 10.4 Å². The number of hydrogen-bond acceptors (Lipinski definition) is 3. The molecule has 7 heteroatoms. The Morgan fingerprint density at radius 2 is 1.58 bits per heavy atom. The van der Waals surface area contributed by atoms with Gasteiger partial charge in [-0.25, -0.2) is 0 Å². The predicted octanol–water partition coefficient (Wildman–Crippen LogP) is 1.17. The van der Waals surface area contributed by atoms with Crippen molar-refractivity contribution in [1.82, 2.24) is 14.8 Å². The lowest BCUT2D eigenvalue weighted by Crippen LogP contribution is -2.51. The zero-order valence-electron chi connectivity index (χ0n) is 10.1. The second kappa shape index (κ2) is 6.21. The maximum absolute atomic E-state index is 12.2. The van der Waals surface area contributed by atoms with E-state index in [2.05, 4.69) is 4.98 Å². The van der Waals surface area contributed by atoms with Crippen molar-refractivity contribution in [2.24, 2.45) is 0 Å². The van der Waals surface area contributed by atoms with E-state index in [0.29, 0.717) is 31.7 Å². The summed E-state index contributed by atoms with van der Waals surface area (Å²) in [4.78, 5) is 29.9. The van der Waals surface area contributed by atoms with Crippen LogP contribution in [0.3, 0.4) is 0 Å². The molecule has 2 heterocycles. The lowest BCUT2D eigenvalue weighted by atomic mass is 10.2. The van der Waals surface area contributed by atoms with Gasteiger partial charge in [0.1, 0.15) is 0 Å². The summed E-state index contributed by atoms with van der Waals surface area (Å²) < 4.78 is 0. The van der Waals surface area contributed by atoms with E-state index in [9.17, 15) is 9.59 Å². The molecule has 1 aliphatic heterocycles. The van der Waals surface area contributed by atoms with Crippen molar-refractivity contribution in [3.63, 3.8) is 0 Å². The number of carbonyl (C=O) groups is 2. The number of rotatable bonds is 2. The first-order valence-corrected chi connectivity index (χ1v) is 6.73. The van der Waals surface area contributed by atoms with Crippen LogP contribution in [0.15, 0.2) is 24.5 Å². The van der Waals surface area contributed by atoms with Gasteiger partial charge in [-0.15, -0.1) is 0 Å². The molecular formula is C12H13Cl2N3O2. The molecule has 0 spiro atoms. The normalized spacial score (nSPS) is 15.7. The van der Waals surface area contributed by atoms with E-state index >= 15 is 0 Å². The molecule has 2 rings (SSSR count). The van der Waals surface area contributed by atoms with Crippen LogP contribution >= 0.6 is 23.2 Å². The van der Waals surface area contributed by atoms with E-state index in [-0.39, 0.29) is 11.8 Å². The van der Waals surface area contributed by atoms with Gasteiger partial charge >= 0.3 is 0 Å². The van der Waals surface area contributed by atoms with Crippen molar-refractivity contribution in [1.29, 1.82) is 0 Å². The molecule has 19 heavy (non-hydrogen) atoms. The van der Waals surface area contributed by atoms with Crippen molar-refractivity contribution >= 4 is 35.0 Å². The zero-order chi connectivity index (χ0) is 13.8. The van der Waals surface area contributed by atoms with E-state index in [4.69, 9.17) is 23.2 Å². The summed E-state index contributed by atoms with van der Waals surface area (Å²) in [5, 5.41) is 0. The second-order valence-electron chi connectivity index (χ2n) is 4.15. The topological polar surface area (TPSA) is 53.5 Å². The standard InChI is InChI=1S/C12H13Cl2N3O2/c13-10(14)12(19)17-7-5-16(6-8-17)11(18)9-1-3-15-4-2-9/h1-4,10H,5-8H2. The molecule has 0 saturated carbocycles. The quantitative estimate of drug-likeness (QED) is 0.771. The molecule has 0 atom stereocenters. The Kier molecular flexibility index (Phi) is 4.61. The molecule has 1 saturated heterocycles. The number of amides is 2. The third kappa shape index (κ3) is 3.36. The molecule has 0 aliphatic carbocycles. The van der Waals surface area contributed by atoms with Crippen molar-refractivity contribution in [2.75, 3.05) is 26.2 Å². The highest BCUT2D eigenvalue weighted by Crippen LogP contribution is 2.12. The highest BCUT2D eigenvalue weighted by atomic mass is 35.5. The van der Waals surface area contributed by atoms with Gasteiger partial charge in [0.25, 0.3) is 11.8 Å². The number of halogens is 2. The third-order valence-corrected chi connectivity index (χ3v) is 3.37. The lowest BCUT2D eigenvalue weighted by molar-refractivity contribution is -0.130. The average molecular weight is 302 g/mol. The highest BCUT2D eigenvalue weighted by molar-refractivity contribution is 6.53. The van der Waals surface area contributed by atoms with Crippen LogP contribution in [0.5, 0.6) is 0 Å². The van der Waals surface area contributed by atoms with Crippen LogP contribution in [-0.4, -0.2) is 57.6 Å². The van der Waals surface area contributed by atoms with Crippen LogP contribution in [0, 0.1) is 0 Å². The summed E-state index contributed by atoms with van der Waals surface area (Å²) >= 11 is 11.1. The Balaban J connectivity index is 1.94. The molecular weight excluding hydrogens is 289 g/mol. The first-order chi connectivity index (χ1) is 9.09. The fourth-order valence-corrected chi connectivity index (χ4v) is 2.22. The summed E-state index contributed by atoms with van der Waals surface area (Å²) in [5.41, 5.74) is 0.599. The summed E-state index contributed by atoms with van der Waals surface area (Å²) in [6.45, 7) is 1.86. The fourth-order valence-electron chi connectivity index (χ4n) is 1.95. The molecule has 102 valence electrons. The highest BCUT2D eigenvalue weighted by Gasteiger charge is 2.27. The smallest absolute Gasteiger partial charge is 0.255 e. The fraction of sp³-hybridized carbons (Fsp3) is 0.417. The van der Waals surface area contributed by atoms with Crippen molar-refractivity contribution in [3.05, 3.63) is 30.1 Å². The number of hydrogen-bond donors (Lipinski definition) is 0. The lowest BCUT2D eigenvalue weighted by Gasteiger charge is -2.35. The molecule has 0 aromatic carbocycles. The SMILES string of the molecule is O=C(c1ccncc1)N1CCN(C(=O)C(Cl)Cl)CC1.